The lowest BCUT2D eigenvalue weighted by molar-refractivity contribution is -0.115. The van der Waals surface area contributed by atoms with Crippen molar-refractivity contribution in [2.24, 2.45) is 0 Å². The van der Waals surface area contributed by atoms with E-state index < -0.39 is 0 Å². The molecule has 1 amide bonds. The van der Waals surface area contributed by atoms with E-state index in [2.05, 4.69) is 53.5 Å². The molecule has 0 radical (unpaired) electrons. The van der Waals surface area contributed by atoms with Crippen molar-refractivity contribution < 1.29 is 4.79 Å². The summed E-state index contributed by atoms with van der Waals surface area (Å²) in [5.74, 6) is 1.13. The number of hydrogen-bond donors (Lipinski definition) is 1. The number of rotatable bonds is 7. The zero-order chi connectivity index (χ0) is 20.3. The molecular formula is C21H27N5OS. The Kier molecular flexibility index (Phi) is 6.24. The molecule has 2 aromatic heterocycles. The van der Waals surface area contributed by atoms with Crippen molar-refractivity contribution >= 4 is 23.5 Å². The first-order chi connectivity index (χ1) is 13.4. The first-order valence-electron chi connectivity index (χ1n) is 9.51. The highest BCUT2D eigenvalue weighted by molar-refractivity contribution is 8.00. The summed E-state index contributed by atoms with van der Waals surface area (Å²) in [5.41, 5.74) is 2.34. The molecule has 0 saturated carbocycles. The molecule has 2 heterocycles. The number of amides is 1. The number of carbonyl (C=O) groups excluding carboxylic acids is 1. The van der Waals surface area contributed by atoms with E-state index in [1.807, 2.05) is 37.6 Å². The van der Waals surface area contributed by atoms with Gasteiger partial charge in [-0.05, 0) is 44.4 Å². The van der Waals surface area contributed by atoms with Gasteiger partial charge in [-0.1, -0.05) is 37.7 Å². The van der Waals surface area contributed by atoms with Gasteiger partial charge >= 0.3 is 0 Å². The summed E-state index contributed by atoms with van der Waals surface area (Å²) in [7, 11) is 0. The lowest BCUT2D eigenvalue weighted by Gasteiger charge is -2.15. The van der Waals surface area contributed by atoms with Crippen LogP contribution in [0.1, 0.15) is 52.1 Å². The summed E-state index contributed by atoms with van der Waals surface area (Å²) < 4.78 is 3.81. The third-order valence-electron chi connectivity index (χ3n) is 4.51. The van der Waals surface area contributed by atoms with Gasteiger partial charge in [0.05, 0.1) is 11.4 Å². The van der Waals surface area contributed by atoms with Gasteiger partial charge in [0.25, 0.3) is 0 Å². The normalized spacial score (nSPS) is 12.5. The van der Waals surface area contributed by atoms with E-state index in [0.29, 0.717) is 11.7 Å². The van der Waals surface area contributed by atoms with Crippen molar-refractivity contribution in [1.82, 2.24) is 19.3 Å². The van der Waals surface area contributed by atoms with Crippen LogP contribution in [0, 0.1) is 0 Å². The molecule has 3 rings (SSSR count). The molecule has 0 aliphatic rings. The standard InChI is InChI=1S/C21H27N5OS/c1-14(2)17-6-8-18(9-7-17)25-13-12-22-21(25)28-16(5)20(27)24-19-10-11-23-26(19)15(3)4/h6-16H,1-5H3,(H,24,27). The van der Waals surface area contributed by atoms with Crippen LogP contribution in [-0.4, -0.2) is 30.5 Å². The van der Waals surface area contributed by atoms with Gasteiger partial charge in [-0.2, -0.15) is 5.10 Å². The molecule has 0 bridgehead atoms. The third kappa shape index (κ3) is 4.47. The Balaban J connectivity index is 1.71. The second-order valence-electron chi connectivity index (χ2n) is 7.33. The summed E-state index contributed by atoms with van der Waals surface area (Å²) in [4.78, 5) is 17.1. The quantitative estimate of drug-likeness (QED) is 0.576. The number of nitrogens with zero attached hydrogens (tertiary/aromatic N) is 4. The summed E-state index contributed by atoms with van der Waals surface area (Å²) in [5, 5.41) is 7.71. The molecule has 1 atom stereocenters. The van der Waals surface area contributed by atoms with Gasteiger partial charge < -0.3 is 5.32 Å². The Bertz CT molecular complexity index is 926. The van der Waals surface area contributed by atoms with Crippen molar-refractivity contribution in [1.29, 1.82) is 0 Å². The monoisotopic (exact) mass is 397 g/mol. The molecular weight excluding hydrogens is 370 g/mol. The first-order valence-corrected chi connectivity index (χ1v) is 10.4. The van der Waals surface area contributed by atoms with Gasteiger partial charge in [0.15, 0.2) is 5.16 Å². The molecule has 0 spiro atoms. The lowest BCUT2D eigenvalue weighted by Crippen LogP contribution is -2.25. The minimum atomic E-state index is -0.299. The van der Waals surface area contributed by atoms with E-state index in [1.54, 1.807) is 17.1 Å². The van der Waals surface area contributed by atoms with Gasteiger partial charge in [-0.25, -0.2) is 9.67 Å². The number of benzene rings is 1. The minimum absolute atomic E-state index is 0.0721. The second-order valence-corrected chi connectivity index (χ2v) is 8.64. The number of aromatic nitrogens is 4. The Labute approximate surface area is 170 Å². The molecule has 28 heavy (non-hydrogen) atoms. The first kappa shape index (κ1) is 20.2. The van der Waals surface area contributed by atoms with Gasteiger partial charge in [0.1, 0.15) is 5.82 Å². The zero-order valence-corrected chi connectivity index (χ0v) is 17.8. The van der Waals surface area contributed by atoms with E-state index >= 15 is 0 Å². The predicted molar refractivity (Wildman–Crippen MR) is 114 cm³/mol. The van der Waals surface area contributed by atoms with Gasteiger partial charge in [0.2, 0.25) is 5.91 Å². The molecule has 0 aliphatic heterocycles. The maximum absolute atomic E-state index is 12.7. The highest BCUT2D eigenvalue weighted by Crippen LogP contribution is 2.26. The molecule has 1 unspecified atom stereocenters. The van der Waals surface area contributed by atoms with E-state index in [-0.39, 0.29) is 17.2 Å². The number of nitrogens with one attached hydrogen (secondary N) is 1. The Morgan fingerprint density at radius 1 is 1.04 bits per heavy atom. The smallest absolute Gasteiger partial charge is 0.238 e. The molecule has 7 heteroatoms. The number of imidazole rings is 1. The summed E-state index contributed by atoms with van der Waals surface area (Å²) in [6, 6.07) is 10.4. The fourth-order valence-corrected chi connectivity index (χ4v) is 3.74. The van der Waals surface area contributed by atoms with Crippen molar-refractivity contribution in [3.63, 3.8) is 0 Å². The van der Waals surface area contributed by atoms with Crippen LogP contribution in [0.4, 0.5) is 5.82 Å². The van der Waals surface area contributed by atoms with E-state index in [4.69, 9.17) is 0 Å². The summed E-state index contributed by atoms with van der Waals surface area (Å²) >= 11 is 1.44. The molecule has 148 valence electrons. The number of carbonyl (C=O) groups is 1. The van der Waals surface area contributed by atoms with Gasteiger partial charge in [0, 0.05) is 30.2 Å². The SMILES string of the molecule is CC(Sc1nccn1-c1ccc(C(C)C)cc1)C(=O)Nc1ccnn1C(C)C. The van der Waals surface area contributed by atoms with Gasteiger partial charge in [-0.15, -0.1) is 0 Å². The zero-order valence-electron chi connectivity index (χ0n) is 17.0. The van der Waals surface area contributed by atoms with Crippen LogP contribution >= 0.6 is 11.8 Å². The molecule has 0 fully saturated rings. The third-order valence-corrected chi connectivity index (χ3v) is 5.59. The molecule has 3 aromatic rings. The predicted octanol–water partition coefficient (Wildman–Crippen LogP) is 4.89. The molecule has 0 saturated heterocycles. The van der Waals surface area contributed by atoms with Crippen molar-refractivity contribution in [3.05, 3.63) is 54.5 Å². The highest BCUT2D eigenvalue weighted by atomic mass is 32.2. The lowest BCUT2D eigenvalue weighted by atomic mass is 10.0. The Hall–Kier alpha value is -2.54. The fraction of sp³-hybridized carbons (Fsp3) is 0.381. The Morgan fingerprint density at radius 2 is 1.75 bits per heavy atom. The number of anilines is 1. The van der Waals surface area contributed by atoms with Crippen LogP contribution in [0.5, 0.6) is 0 Å². The average molecular weight is 398 g/mol. The Morgan fingerprint density at radius 3 is 2.39 bits per heavy atom. The topological polar surface area (TPSA) is 64.7 Å². The van der Waals surface area contributed by atoms with Crippen LogP contribution in [0.15, 0.2) is 54.1 Å². The molecule has 0 aliphatic carbocycles. The van der Waals surface area contributed by atoms with Crippen LogP contribution in [0.2, 0.25) is 0 Å². The summed E-state index contributed by atoms with van der Waals surface area (Å²) in [6.07, 6.45) is 5.38. The number of thioether (sulfide) groups is 1. The van der Waals surface area contributed by atoms with Crippen LogP contribution in [-0.2, 0) is 4.79 Å². The fourth-order valence-electron chi connectivity index (χ4n) is 2.86. The largest absolute Gasteiger partial charge is 0.310 e. The van der Waals surface area contributed by atoms with Crippen molar-refractivity contribution in [2.45, 2.75) is 57.0 Å². The van der Waals surface area contributed by atoms with E-state index in [0.717, 1.165) is 10.8 Å². The highest BCUT2D eigenvalue weighted by Gasteiger charge is 2.19. The van der Waals surface area contributed by atoms with Crippen LogP contribution in [0.3, 0.4) is 0 Å². The minimum Gasteiger partial charge on any atom is -0.310 e. The number of hydrogen-bond acceptors (Lipinski definition) is 4. The van der Waals surface area contributed by atoms with Crippen molar-refractivity contribution in [3.8, 4) is 5.69 Å². The molecule has 1 N–H and O–H groups in total. The summed E-state index contributed by atoms with van der Waals surface area (Å²) in [6.45, 7) is 10.3. The average Bonchev–Trinajstić information content (AvgIpc) is 3.31. The maximum Gasteiger partial charge on any atom is 0.238 e. The molecule has 1 aromatic carbocycles. The molecule has 6 nitrogen and oxygen atoms in total. The van der Waals surface area contributed by atoms with E-state index in [9.17, 15) is 4.79 Å². The van der Waals surface area contributed by atoms with Crippen molar-refractivity contribution in [2.75, 3.05) is 5.32 Å². The second kappa shape index (κ2) is 8.65. The van der Waals surface area contributed by atoms with Crippen LogP contribution < -0.4 is 5.32 Å². The van der Waals surface area contributed by atoms with Crippen LogP contribution in [0.25, 0.3) is 5.69 Å². The maximum atomic E-state index is 12.7. The van der Waals surface area contributed by atoms with Gasteiger partial charge in [-0.3, -0.25) is 9.36 Å². The van der Waals surface area contributed by atoms with E-state index in [1.165, 1.54) is 17.3 Å².